The quantitative estimate of drug-likeness (QED) is 0.804. The van der Waals surface area contributed by atoms with E-state index in [1.54, 1.807) is 6.21 Å². The molecule has 23 heavy (non-hydrogen) atoms. The van der Waals surface area contributed by atoms with Crippen LogP contribution in [-0.4, -0.2) is 21.6 Å². The molecule has 1 aliphatic rings. The molecule has 0 bridgehead atoms. The summed E-state index contributed by atoms with van der Waals surface area (Å²) in [7, 11) is 0. The van der Waals surface area contributed by atoms with Crippen LogP contribution in [0.25, 0.3) is 11.3 Å². The second kappa shape index (κ2) is 5.24. The highest BCUT2D eigenvalue weighted by molar-refractivity contribution is 5.82. The molecule has 1 unspecified atom stereocenters. The Labute approximate surface area is 133 Å². The van der Waals surface area contributed by atoms with Gasteiger partial charge >= 0.3 is 0 Å². The minimum atomic E-state index is -0.817. The van der Waals surface area contributed by atoms with Crippen LogP contribution < -0.4 is 0 Å². The summed E-state index contributed by atoms with van der Waals surface area (Å²) in [5, 5.41) is 23.5. The molecular formula is C17H14N6. The van der Waals surface area contributed by atoms with Crippen LogP contribution >= 0.6 is 0 Å². The first-order chi connectivity index (χ1) is 11.3. The molecule has 0 saturated carbocycles. The summed E-state index contributed by atoms with van der Waals surface area (Å²) < 4.78 is 0. The standard InChI is InChI=1S/C17H14N6/c1-12-7-9-14(10-8-12)17(11-18-22-21-17)16-15(19-23-20-16)13-5-3-2-4-6-13/h2-11H,1H3,(H,19,20,23). The van der Waals surface area contributed by atoms with Crippen molar-refractivity contribution in [1.82, 2.24) is 15.4 Å². The van der Waals surface area contributed by atoms with Gasteiger partial charge in [0.25, 0.3) is 0 Å². The molecule has 6 heteroatoms. The molecular weight excluding hydrogens is 288 g/mol. The minimum absolute atomic E-state index is 0.749. The van der Waals surface area contributed by atoms with Crippen LogP contribution in [0, 0.1) is 6.92 Å². The predicted octanol–water partition coefficient (Wildman–Crippen LogP) is 3.48. The average Bonchev–Trinajstić information content (AvgIpc) is 3.26. The van der Waals surface area contributed by atoms with Gasteiger partial charge in [0.2, 0.25) is 0 Å². The second-order valence-electron chi connectivity index (χ2n) is 5.47. The van der Waals surface area contributed by atoms with E-state index in [4.69, 9.17) is 0 Å². The molecule has 1 aliphatic heterocycles. The molecule has 112 valence electrons. The molecule has 4 rings (SSSR count). The van der Waals surface area contributed by atoms with Gasteiger partial charge in [0.1, 0.15) is 11.4 Å². The number of hydrogen-bond acceptors (Lipinski definition) is 5. The van der Waals surface area contributed by atoms with E-state index >= 15 is 0 Å². The molecule has 3 aromatic rings. The number of hydrogen-bond donors (Lipinski definition) is 1. The maximum absolute atomic E-state index is 4.39. The fourth-order valence-electron chi connectivity index (χ4n) is 2.72. The number of aromatic amines is 1. The number of rotatable bonds is 3. The van der Waals surface area contributed by atoms with E-state index in [1.807, 2.05) is 61.5 Å². The molecule has 0 fully saturated rings. The van der Waals surface area contributed by atoms with Crippen LogP contribution in [0.4, 0.5) is 0 Å². The molecule has 6 nitrogen and oxygen atoms in total. The van der Waals surface area contributed by atoms with Crippen LogP contribution in [0.3, 0.4) is 0 Å². The molecule has 2 heterocycles. The highest BCUT2D eigenvalue weighted by atomic mass is 15.4. The molecule has 1 aromatic heterocycles. The van der Waals surface area contributed by atoms with E-state index in [1.165, 1.54) is 5.56 Å². The second-order valence-corrected chi connectivity index (χ2v) is 5.47. The van der Waals surface area contributed by atoms with E-state index < -0.39 is 5.54 Å². The average molecular weight is 302 g/mol. The highest BCUT2D eigenvalue weighted by Crippen LogP contribution is 2.38. The molecule has 0 amide bonds. The molecule has 1 N–H and O–H groups in total. The van der Waals surface area contributed by atoms with Crippen molar-refractivity contribution >= 4 is 6.21 Å². The number of aromatic nitrogens is 3. The van der Waals surface area contributed by atoms with Crippen LogP contribution in [0.5, 0.6) is 0 Å². The first-order valence-corrected chi connectivity index (χ1v) is 7.30. The third-order valence-electron chi connectivity index (χ3n) is 3.97. The number of nitrogens with one attached hydrogen (secondary N) is 1. The van der Waals surface area contributed by atoms with Crippen molar-refractivity contribution in [3.05, 3.63) is 71.4 Å². The summed E-state index contributed by atoms with van der Waals surface area (Å²) in [6, 6.07) is 18.0. The highest BCUT2D eigenvalue weighted by Gasteiger charge is 2.40. The fourth-order valence-corrected chi connectivity index (χ4v) is 2.72. The molecule has 0 radical (unpaired) electrons. The summed E-state index contributed by atoms with van der Waals surface area (Å²) in [5.41, 5.74) is 3.81. The summed E-state index contributed by atoms with van der Waals surface area (Å²) >= 11 is 0. The summed E-state index contributed by atoms with van der Waals surface area (Å²) in [4.78, 5) is 0. The normalized spacial score (nSPS) is 19.3. The van der Waals surface area contributed by atoms with Gasteiger partial charge in [-0.25, -0.2) is 0 Å². The summed E-state index contributed by atoms with van der Waals surface area (Å²) in [6.07, 6.45) is 1.72. The Morgan fingerprint density at radius 2 is 1.74 bits per heavy atom. The Kier molecular flexibility index (Phi) is 3.08. The van der Waals surface area contributed by atoms with E-state index in [9.17, 15) is 0 Å². The van der Waals surface area contributed by atoms with Crippen LogP contribution in [0.15, 0.2) is 70.0 Å². The predicted molar refractivity (Wildman–Crippen MR) is 87.1 cm³/mol. The van der Waals surface area contributed by atoms with Gasteiger partial charge in [-0.05, 0) is 17.7 Å². The maximum atomic E-state index is 4.39. The Morgan fingerprint density at radius 3 is 2.43 bits per heavy atom. The number of benzene rings is 2. The van der Waals surface area contributed by atoms with E-state index in [0.29, 0.717) is 0 Å². The lowest BCUT2D eigenvalue weighted by molar-refractivity contribution is 0.688. The molecule has 0 aliphatic carbocycles. The van der Waals surface area contributed by atoms with Gasteiger partial charge in [-0.3, -0.25) is 5.10 Å². The van der Waals surface area contributed by atoms with Crippen molar-refractivity contribution < 1.29 is 0 Å². The smallest absolute Gasteiger partial charge is 0.189 e. The number of H-pyrrole nitrogens is 1. The third kappa shape index (κ3) is 2.15. The van der Waals surface area contributed by atoms with Crippen molar-refractivity contribution in [3.63, 3.8) is 0 Å². The zero-order valence-corrected chi connectivity index (χ0v) is 12.5. The third-order valence-corrected chi connectivity index (χ3v) is 3.97. The molecule has 0 spiro atoms. The van der Waals surface area contributed by atoms with Crippen molar-refractivity contribution in [2.75, 3.05) is 0 Å². The van der Waals surface area contributed by atoms with E-state index in [-0.39, 0.29) is 0 Å². The zero-order valence-electron chi connectivity index (χ0n) is 12.5. The van der Waals surface area contributed by atoms with Crippen LogP contribution in [0.2, 0.25) is 0 Å². The minimum Gasteiger partial charge on any atom is -0.258 e. The Hall–Kier alpha value is -3.15. The van der Waals surface area contributed by atoms with Crippen LogP contribution in [0.1, 0.15) is 16.8 Å². The Morgan fingerprint density at radius 1 is 0.957 bits per heavy atom. The molecule has 0 saturated heterocycles. The van der Waals surface area contributed by atoms with Gasteiger partial charge in [-0.1, -0.05) is 65.4 Å². The number of nitrogens with zero attached hydrogens (tertiary/aromatic N) is 5. The molecule has 2 aromatic carbocycles. The van der Waals surface area contributed by atoms with Gasteiger partial charge in [0.05, 0.1) is 6.21 Å². The largest absolute Gasteiger partial charge is 0.258 e. The van der Waals surface area contributed by atoms with Gasteiger partial charge in [0.15, 0.2) is 5.54 Å². The lowest BCUT2D eigenvalue weighted by Crippen LogP contribution is -2.26. The van der Waals surface area contributed by atoms with Gasteiger partial charge in [-0.15, -0.1) is 15.3 Å². The Balaban J connectivity index is 1.91. The summed E-state index contributed by atoms with van der Waals surface area (Å²) in [6.45, 7) is 2.05. The maximum Gasteiger partial charge on any atom is 0.189 e. The lowest BCUT2D eigenvalue weighted by Gasteiger charge is -2.21. The lowest BCUT2D eigenvalue weighted by atomic mass is 9.86. The van der Waals surface area contributed by atoms with Crippen molar-refractivity contribution in [1.29, 1.82) is 0 Å². The van der Waals surface area contributed by atoms with Crippen molar-refractivity contribution in [3.8, 4) is 11.3 Å². The first-order valence-electron chi connectivity index (χ1n) is 7.30. The van der Waals surface area contributed by atoms with Crippen molar-refractivity contribution in [2.24, 2.45) is 15.4 Å². The van der Waals surface area contributed by atoms with Crippen LogP contribution in [-0.2, 0) is 5.54 Å². The van der Waals surface area contributed by atoms with Crippen molar-refractivity contribution in [2.45, 2.75) is 12.5 Å². The monoisotopic (exact) mass is 302 g/mol. The van der Waals surface area contributed by atoms with E-state index in [0.717, 1.165) is 22.5 Å². The Bertz CT molecular complexity index is 865. The summed E-state index contributed by atoms with van der Waals surface area (Å²) in [5.74, 6) is 0. The van der Waals surface area contributed by atoms with Gasteiger partial charge in [0, 0.05) is 5.56 Å². The SMILES string of the molecule is Cc1ccc(C2(c3[nH]nnc3-c3ccccc3)C=NN=N2)cc1. The number of aryl methyl sites for hydroxylation is 1. The zero-order chi connectivity index (χ0) is 15.7. The van der Waals surface area contributed by atoms with Gasteiger partial charge < -0.3 is 0 Å². The van der Waals surface area contributed by atoms with E-state index in [2.05, 4.69) is 30.8 Å². The molecule has 1 atom stereocenters. The fraction of sp³-hybridized carbons (Fsp3) is 0.118. The van der Waals surface area contributed by atoms with Gasteiger partial charge in [-0.2, -0.15) is 0 Å². The first kappa shape index (κ1) is 13.5. The topological polar surface area (TPSA) is 78.6 Å².